The SMILES string of the molecule is FC(F)(F)SCCNc1nc(Cl)nc2nc[nH]c12. The summed E-state index contributed by atoms with van der Waals surface area (Å²) in [6.07, 6.45) is 1.41. The number of thioether (sulfide) groups is 1. The molecule has 2 aromatic heterocycles. The number of hydrogen-bond donors (Lipinski definition) is 2. The van der Waals surface area contributed by atoms with Gasteiger partial charge in [0.25, 0.3) is 0 Å². The predicted molar refractivity (Wildman–Crippen MR) is 63.7 cm³/mol. The quantitative estimate of drug-likeness (QED) is 0.671. The average Bonchev–Trinajstić information content (AvgIpc) is 2.70. The highest BCUT2D eigenvalue weighted by atomic mass is 35.5. The topological polar surface area (TPSA) is 66.5 Å². The first kappa shape index (κ1) is 13.2. The van der Waals surface area contributed by atoms with Crippen LogP contribution in [0.15, 0.2) is 6.33 Å². The molecular formula is C8H7ClF3N5S. The molecule has 0 radical (unpaired) electrons. The standard InChI is InChI=1S/C8H7ClF3N5S/c9-7-16-5(4-6(17-7)15-3-14-4)13-1-2-18-8(10,11)12/h3H,1-2H2,(H2,13,14,15,16,17). The number of anilines is 1. The monoisotopic (exact) mass is 297 g/mol. The van der Waals surface area contributed by atoms with Crippen molar-refractivity contribution in [3.63, 3.8) is 0 Å². The van der Waals surface area contributed by atoms with Crippen LogP contribution in [0.4, 0.5) is 19.0 Å². The highest BCUT2D eigenvalue weighted by molar-refractivity contribution is 8.00. The second-order valence-corrected chi connectivity index (χ2v) is 4.66. The summed E-state index contributed by atoms with van der Waals surface area (Å²) in [6, 6.07) is 0. The summed E-state index contributed by atoms with van der Waals surface area (Å²) in [5.41, 5.74) is -3.36. The van der Waals surface area contributed by atoms with Crippen molar-refractivity contribution < 1.29 is 13.2 Å². The molecule has 0 bridgehead atoms. The molecule has 2 rings (SSSR count). The Bertz CT molecular complexity index is 543. The summed E-state index contributed by atoms with van der Waals surface area (Å²) in [7, 11) is 0. The lowest BCUT2D eigenvalue weighted by atomic mass is 10.5. The minimum atomic E-state index is -4.23. The smallest absolute Gasteiger partial charge is 0.367 e. The number of halogens is 4. The summed E-state index contributed by atoms with van der Waals surface area (Å²) < 4.78 is 35.8. The molecular weight excluding hydrogens is 291 g/mol. The normalized spacial score (nSPS) is 12.0. The van der Waals surface area contributed by atoms with Gasteiger partial charge in [-0.1, -0.05) is 0 Å². The van der Waals surface area contributed by atoms with E-state index in [0.29, 0.717) is 17.0 Å². The van der Waals surface area contributed by atoms with Gasteiger partial charge in [0.1, 0.15) is 5.52 Å². The van der Waals surface area contributed by atoms with Crippen molar-refractivity contribution in [3.8, 4) is 0 Å². The van der Waals surface area contributed by atoms with E-state index in [4.69, 9.17) is 11.6 Å². The van der Waals surface area contributed by atoms with E-state index in [0.717, 1.165) is 0 Å². The molecule has 2 heterocycles. The molecule has 2 N–H and O–H groups in total. The van der Waals surface area contributed by atoms with Gasteiger partial charge in [0.15, 0.2) is 11.5 Å². The van der Waals surface area contributed by atoms with Gasteiger partial charge < -0.3 is 10.3 Å². The Morgan fingerprint density at radius 1 is 1.39 bits per heavy atom. The van der Waals surface area contributed by atoms with Crippen LogP contribution in [0.3, 0.4) is 0 Å². The largest absolute Gasteiger partial charge is 0.441 e. The Balaban J connectivity index is 2.01. The van der Waals surface area contributed by atoms with Gasteiger partial charge in [-0.15, -0.1) is 0 Å². The molecule has 2 aromatic rings. The van der Waals surface area contributed by atoms with Crippen molar-refractivity contribution in [1.29, 1.82) is 0 Å². The molecule has 0 fully saturated rings. The third-order valence-electron chi connectivity index (χ3n) is 1.92. The van der Waals surface area contributed by atoms with Gasteiger partial charge in [-0.25, -0.2) is 4.98 Å². The van der Waals surface area contributed by atoms with Gasteiger partial charge in [0.2, 0.25) is 5.28 Å². The number of imidazole rings is 1. The Morgan fingerprint density at radius 3 is 2.89 bits per heavy atom. The molecule has 98 valence electrons. The first-order chi connectivity index (χ1) is 8.46. The Morgan fingerprint density at radius 2 is 2.17 bits per heavy atom. The predicted octanol–water partition coefficient (Wildman–Crippen LogP) is 2.67. The molecule has 0 spiro atoms. The molecule has 0 unspecified atom stereocenters. The van der Waals surface area contributed by atoms with Crippen LogP contribution in [0.5, 0.6) is 0 Å². The van der Waals surface area contributed by atoms with Gasteiger partial charge in [-0.05, 0) is 23.4 Å². The van der Waals surface area contributed by atoms with Crippen LogP contribution in [0, 0.1) is 0 Å². The number of rotatable bonds is 4. The number of nitrogens with one attached hydrogen (secondary N) is 2. The molecule has 18 heavy (non-hydrogen) atoms. The fraction of sp³-hybridized carbons (Fsp3) is 0.375. The van der Waals surface area contributed by atoms with E-state index < -0.39 is 5.51 Å². The van der Waals surface area contributed by atoms with Crippen LogP contribution >= 0.6 is 23.4 Å². The number of hydrogen-bond acceptors (Lipinski definition) is 5. The fourth-order valence-electron chi connectivity index (χ4n) is 1.27. The van der Waals surface area contributed by atoms with Crippen LogP contribution in [0.2, 0.25) is 5.28 Å². The lowest BCUT2D eigenvalue weighted by Crippen LogP contribution is -2.11. The maximum absolute atomic E-state index is 11.9. The maximum Gasteiger partial charge on any atom is 0.441 e. The summed E-state index contributed by atoms with van der Waals surface area (Å²) in [5.74, 6) is 0.214. The summed E-state index contributed by atoms with van der Waals surface area (Å²) in [6.45, 7) is 0.103. The van der Waals surface area contributed by atoms with Crippen LogP contribution in [0.1, 0.15) is 0 Å². The zero-order chi connectivity index (χ0) is 13.2. The van der Waals surface area contributed by atoms with Gasteiger partial charge >= 0.3 is 5.51 Å². The van der Waals surface area contributed by atoms with E-state index in [2.05, 4.69) is 25.3 Å². The van der Waals surface area contributed by atoms with Crippen LogP contribution < -0.4 is 5.32 Å². The van der Waals surface area contributed by atoms with E-state index in [-0.39, 0.29) is 29.3 Å². The molecule has 0 aliphatic heterocycles. The maximum atomic E-state index is 11.9. The van der Waals surface area contributed by atoms with Crippen molar-refractivity contribution >= 4 is 40.3 Å². The molecule has 0 aromatic carbocycles. The van der Waals surface area contributed by atoms with E-state index in [9.17, 15) is 13.2 Å². The van der Waals surface area contributed by atoms with Crippen LogP contribution in [-0.4, -0.2) is 37.7 Å². The van der Waals surface area contributed by atoms with Crippen molar-refractivity contribution in [2.24, 2.45) is 0 Å². The van der Waals surface area contributed by atoms with E-state index >= 15 is 0 Å². The number of H-pyrrole nitrogens is 1. The Kier molecular flexibility index (Phi) is 3.81. The summed E-state index contributed by atoms with van der Waals surface area (Å²) in [4.78, 5) is 14.4. The van der Waals surface area contributed by atoms with Gasteiger partial charge in [0.05, 0.1) is 6.33 Å². The third-order valence-corrected chi connectivity index (χ3v) is 2.82. The molecule has 0 aliphatic carbocycles. The molecule has 0 saturated carbocycles. The molecule has 0 saturated heterocycles. The summed E-state index contributed by atoms with van der Waals surface area (Å²) in [5, 5.41) is 2.75. The zero-order valence-electron chi connectivity index (χ0n) is 8.75. The molecule has 0 atom stereocenters. The Hall–Kier alpha value is -1.22. The van der Waals surface area contributed by atoms with Crippen LogP contribution in [-0.2, 0) is 0 Å². The highest BCUT2D eigenvalue weighted by Gasteiger charge is 2.27. The van der Waals surface area contributed by atoms with E-state index in [1.54, 1.807) is 0 Å². The number of alkyl halides is 3. The molecule has 0 amide bonds. The first-order valence-electron chi connectivity index (χ1n) is 4.77. The zero-order valence-corrected chi connectivity index (χ0v) is 10.3. The number of aromatic amines is 1. The van der Waals surface area contributed by atoms with Crippen LogP contribution in [0.25, 0.3) is 11.2 Å². The van der Waals surface area contributed by atoms with Gasteiger partial charge in [0, 0.05) is 12.3 Å². The van der Waals surface area contributed by atoms with Crippen molar-refractivity contribution in [2.45, 2.75) is 5.51 Å². The first-order valence-corrected chi connectivity index (χ1v) is 6.13. The lowest BCUT2D eigenvalue weighted by molar-refractivity contribution is -0.0327. The number of aromatic nitrogens is 4. The second-order valence-electron chi connectivity index (χ2n) is 3.16. The van der Waals surface area contributed by atoms with E-state index in [1.165, 1.54) is 6.33 Å². The number of nitrogens with zero attached hydrogens (tertiary/aromatic N) is 3. The Labute approximate surface area is 109 Å². The lowest BCUT2D eigenvalue weighted by Gasteiger charge is -2.07. The minimum Gasteiger partial charge on any atom is -0.367 e. The van der Waals surface area contributed by atoms with Crippen molar-refractivity contribution in [3.05, 3.63) is 11.6 Å². The number of fused-ring (bicyclic) bond motifs is 1. The van der Waals surface area contributed by atoms with E-state index in [1.807, 2.05) is 0 Å². The summed E-state index contributed by atoms with van der Waals surface area (Å²) >= 11 is 5.56. The van der Waals surface area contributed by atoms with Crippen molar-refractivity contribution in [2.75, 3.05) is 17.6 Å². The van der Waals surface area contributed by atoms with Gasteiger partial charge in [-0.3, -0.25) is 0 Å². The minimum absolute atomic E-state index is 0.0134. The molecule has 0 aliphatic rings. The third kappa shape index (κ3) is 3.39. The highest BCUT2D eigenvalue weighted by Crippen LogP contribution is 2.29. The second kappa shape index (κ2) is 5.19. The average molecular weight is 298 g/mol. The molecule has 5 nitrogen and oxygen atoms in total. The molecule has 10 heteroatoms. The van der Waals surface area contributed by atoms with Gasteiger partial charge in [-0.2, -0.15) is 23.1 Å². The van der Waals surface area contributed by atoms with Crippen molar-refractivity contribution in [1.82, 2.24) is 19.9 Å². The fourth-order valence-corrected chi connectivity index (χ4v) is 1.87.